The van der Waals surface area contributed by atoms with Crippen LogP contribution in [0.1, 0.15) is 37.6 Å². The lowest BCUT2D eigenvalue weighted by atomic mass is 10.2. The molecule has 1 aromatic heterocycles. The zero-order chi connectivity index (χ0) is 15.3. The molecule has 1 aliphatic rings. The van der Waals surface area contributed by atoms with Gasteiger partial charge in [0, 0.05) is 19.7 Å². The van der Waals surface area contributed by atoms with Gasteiger partial charge in [-0.1, -0.05) is 6.92 Å². The topological polar surface area (TPSA) is 96.1 Å². The number of aryl methyl sites for hydroxylation is 1. The van der Waals surface area contributed by atoms with E-state index in [9.17, 15) is 8.42 Å². The van der Waals surface area contributed by atoms with Crippen LogP contribution in [0.15, 0.2) is 4.90 Å². The second-order valence-corrected chi connectivity index (χ2v) is 6.93. The summed E-state index contributed by atoms with van der Waals surface area (Å²) in [5.74, 6) is 0. The van der Waals surface area contributed by atoms with Crippen molar-refractivity contribution in [1.82, 2.24) is 20.2 Å². The predicted octanol–water partition coefficient (Wildman–Crippen LogP) is 0.675. The van der Waals surface area contributed by atoms with Gasteiger partial charge in [0.05, 0.1) is 17.5 Å². The highest BCUT2D eigenvalue weighted by atomic mass is 32.2. The van der Waals surface area contributed by atoms with Crippen molar-refractivity contribution in [2.45, 2.75) is 50.7 Å². The number of nitrogens with one attached hydrogen (secondary N) is 3. The molecule has 1 atom stereocenters. The van der Waals surface area contributed by atoms with Crippen molar-refractivity contribution in [1.29, 1.82) is 0 Å². The molecule has 2 rings (SSSR count). The highest BCUT2D eigenvalue weighted by molar-refractivity contribution is 7.89. The summed E-state index contributed by atoms with van der Waals surface area (Å²) in [5, 5.41) is 9.92. The van der Waals surface area contributed by atoms with Crippen LogP contribution in [0.4, 0.5) is 0 Å². The van der Waals surface area contributed by atoms with Crippen LogP contribution in [-0.2, 0) is 21.3 Å². The van der Waals surface area contributed by atoms with Crippen molar-refractivity contribution < 1.29 is 13.2 Å². The Morgan fingerprint density at radius 1 is 1.48 bits per heavy atom. The minimum Gasteiger partial charge on any atom is -0.378 e. The number of rotatable bonds is 8. The molecule has 1 saturated heterocycles. The first kappa shape index (κ1) is 16.4. The molecular weight excluding hydrogens is 292 g/mol. The van der Waals surface area contributed by atoms with E-state index in [1.54, 1.807) is 6.92 Å². The van der Waals surface area contributed by atoms with Crippen LogP contribution in [0.25, 0.3) is 0 Å². The van der Waals surface area contributed by atoms with Crippen LogP contribution >= 0.6 is 0 Å². The van der Waals surface area contributed by atoms with Gasteiger partial charge < -0.3 is 10.1 Å². The summed E-state index contributed by atoms with van der Waals surface area (Å²) in [6, 6.07) is 0. The zero-order valence-corrected chi connectivity index (χ0v) is 13.4. The normalized spacial score (nSPS) is 19.2. The van der Waals surface area contributed by atoms with Crippen molar-refractivity contribution in [2.75, 3.05) is 19.7 Å². The molecule has 1 aromatic rings. The molecule has 1 unspecified atom stereocenters. The van der Waals surface area contributed by atoms with Gasteiger partial charge in [0.15, 0.2) is 0 Å². The molecule has 0 amide bonds. The first-order valence-electron chi connectivity index (χ1n) is 7.40. The number of sulfonamides is 1. The fourth-order valence-electron chi connectivity index (χ4n) is 2.49. The van der Waals surface area contributed by atoms with Crippen LogP contribution < -0.4 is 10.0 Å². The summed E-state index contributed by atoms with van der Waals surface area (Å²) >= 11 is 0. The van der Waals surface area contributed by atoms with E-state index in [1.807, 2.05) is 6.92 Å². The molecule has 0 bridgehead atoms. The highest BCUT2D eigenvalue weighted by Gasteiger charge is 2.24. The average Bonchev–Trinajstić information content (AvgIpc) is 3.06. The molecule has 7 nitrogen and oxygen atoms in total. The van der Waals surface area contributed by atoms with E-state index in [4.69, 9.17) is 4.74 Å². The Morgan fingerprint density at radius 3 is 2.95 bits per heavy atom. The molecule has 0 saturated carbocycles. The molecule has 3 N–H and O–H groups in total. The first-order valence-corrected chi connectivity index (χ1v) is 8.88. The van der Waals surface area contributed by atoms with Crippen molar-refractivity contribution in [3.63, 3.8) is 0 Å². The maximum atomic E-state index is 12.4. The molecule has 0 radical (unpaired) electrons. The standard InChI is InChI=1S/C13H24N4O3S/c1-3-14-9-12-13(10(2)16-17-12)21(18,19)15-7-6-11-5-4-8-20-11/h11,14-15H,3-9H2,1-2H3,(H,16,17). The van der Waals surface area contributed by atoms with Gasteiger partial charge in [0.25, 0.3) is 0 Å². The average molecular weight is 316 g/mol. The molecule has 0 spiro atoms. The summed E-state index contributed by atoms with van der Waals surface area (Å²) in [5.41, 5.74) is 1.09. The van der Waals surface area contributed by atoms with Crippen LogP contribution in [-0.4, -0.2) is 44.4 Å². The van der Waals surface area contributed by atoms with Gasteiger partial charge in [0.2, 0.25) is 10.0 Å². The van der Waals surface area contributed by atoms with Gasteiger partial charge >= 0.3 is 0 Å². The van der Waals surface area contributed by atoms with E-state index in [-0.39, 0.29) is 11.0 Å². The summed E-state index contributed by atoms with van der Waals surface area (Å²) < 4.78 is 33.0. The summed E-state index contributed by atoms with van der Waals surface area (Å²) in [6.45, 7) is 6.05. The monoisotopic (exact) mass is 316 g/mol. The van der Waals surface area contributed by atoms with E-state index in [2.05, 4.69) is 20.2 Å². The minimum atomic E-state index is -3.54. The Morgan fingerprint density at radius 2 is 2.29 bits per heavy atom. The number of nitrogens with zero attached hydrogens (tertiary/aromatic N) is 1. The van der Waals surface area contributed by atoms with Gasteiger partial charge in [-0.3, -0.25) is 5.10 Å². The fraction of sp³-hybridized carbons (Fsp3) is 0.769. The number of aromatic nitrogens is 2. The molecule has 1 aliphatic heterocycles. The van der Waals surface area contributed by atoms with Crippen molar-refractivity contribution >= 4 is 10.0 Å². The van der Waals surface area contributed by atoms with Gasteiger partial charge in [-0.2, -0.15) is 5.10 Å². The van der Waals surface area contributed by atoms with Gasteiger partial charge in [0.1, 0.15) is 4.90 Å². The molecule has 2 heterocycles. The molecule has 0 aromatic carbocycles. The van der Waals surface area contributed by atoms with Crippen LogP contribution in [0.5, 0.6) is 0 Å². The fourth-order valence-corrected chi connectivity index (χ4v) is 3.90. The smallest absolute Gasteiger partial charge is 0.244 e. The Hall–Kier alpha value is -0.960. The Bertz CT molecular complexity index is 550. The zero-order valence-electron chi connectivity index (χ0n) is 12.6. The summed E-state index contributed by atoms with van der Waals surface area (Å²) in [7, 11) is -3.54. The number of ether oxygens (including phenoxy) is 1. The van der Waals surface area contributed by atoms with Crippen LogP contribution in [0.2, 0.25) is 0 Å². The lowest BCUT2D eigenvalue weighted by Gasteiger charge is -2.11. The van der Waals surface area contributed by atoms with E-state index < -0.39 is 10.0 Å². The third kappa shape index (κ3) is 4.26. The summed E-state index contributed by atoms with van der Waals surface area (Å²) in [6.07, 6.45) is 2.96. The number of hydrogen-bond acceptors (Lipinski definition) is 5. The largest absolute Gasteiger partial charge is 0.378 e. The highest BCUT2D eigenvalue weighted by Crippen LogP contribution is 2.18. The maximum Gasteiger partial charge on any atom is 0.244 e. The number of H-pyrrole nitrogens is 1. The van der Waals surface area contributed by atoms with Crippen molar-refractivity contribution in [2.24, 2.45) is 0 Å². The van der Waals surface area contributed by atoms with Gasteiger partial charge in [-0.25, -0.2) is 13.1 Å². The maximum absolute atomic E-state index is 12.4. The Kier molecular flexibility index (Phi) is 5.74. The number of hydrogen-bond donors (Lipinski definition) is 3. The second-order valence-electron chi connectivity index (χ2n) is 5.23. The van der Waals surface area contributed by atoms with Crippen LogP contribution in [0, 0.1) is 6.92 Å². The predicted molar refractivity (Wildman–Crippen MR) is 79.5 cm³/mol. The number of aromatic amines is 1. The molecular formula is C13H24N4O3S. The van der Waals surface area contributed by atoms with Crippen molar-refractivity contribution in [3.8, 4) is 0 Å². The lowest BCUT2D eigenvalue weighted by molar-refractivity contribution is 0.105. The Labute approximate surface area is 125 Å². The quantitative estimate of drug-likeness (QED) is 0.655. The molecule has 1 fully saturated rings. The van der Waals surface area contributed by atoms with E-state index in [0.29, 0.717) is 30.9 Å². The SMILES string of the molecule is CCNCc1n[nH]c(C)c1S(=O)(=O)NCCC1CCCO1. The molecule has 21 heavy (non-hydrogen) atoms. The lowest BCUT2D eigenvalue weighted by Crippen LogP contribution is -2.28. The second kappa shape index (κ2) is 7.35. The van der Waals surface area contributed by atoms with Crippen molar-refractivity contribution in [3.05, 3.63) is 11.4 Å². The van der Waals surface area contributed by atoms with Gasteiger partial charge in [-0.05, 0) is 32.7 Å². The van der Waals surface area contributed by atoms with Gasteiger partial charge in [-0.15, -0.1) is 0 Å². The molecule has 8 heteroatoms. The first-order chi connectivity index (χ1) is 10.0. The third-order valence-corrected chi connectivity index (χ3v) is 5.22. The van der Waals surface area contributed by atoms with Crippen LogP contribution in [0.3, 0.4) is 0 Å². The minimum absolute atomic E-state index is 0.180. The molecule has 0 aliphatic carbocycles. The van der Waals surface area contributed by atoms with E-state index in [1.165, 1.54) is 0 Å². The third-order valence-electron chi connectivity index (χ3n) is 3.55. The Balaban J connectivity index is 1.99. The van der Waals surface area contributed by atoms with E-state index in [0.717, 1.165) is 26.0 Å². The van der Waals surface area contributed by atoms with E-state index >= 15 is 0 Å². The summed E-state index contributed by atoms with van der Waals surface area (Å²) in [4.78, 5) is 0.260. The molecule has 120 valence electrons.